The van der Waals surface area contributed by atoms with E-state index in [1.807, 2.05) is 48.5 Å². The molecule has 8 aromatic carbocycles. The van der Waals surface area contributed by atoms with E-state index in [0.29, 0.717) is 17.5 Å². The quantitative estimate of drug-likeness (QED) is 0.181. The van der Waals surface area contributed by atoms with Crippen LogP contribution < -0.4 is 0 Å². The average molecular weight is 728 g/mol. The van der Waals surface area contributed by atoms with Crippen LogP contribution in [0.15, 0.2) is 185 Å². The maximum Gasteiger partial charge on any atom is 0.164 e. The van der Waals surface area contributed by atoms with E-state index in [4.69, 9.17) is 23.8 Å². The van der Waals surface area contributed by atoms with Crippen molar-refractivity contribution < 1.29 is 8.83 Å². The van der Waals surface area contributed by atoms with Crippen molar-refractivity contribution in [1.29, 1.82) is 0 Å². The smallest absolute Gasteiger partial charge is 0.164 e. The van der Waals surface area contributed by atoms with Crippen LogP contribution in [0.1, 0.15) is 22.3 Å². The van der Waals surface area contributed by atoms with Crippen molar-refractivity contribution in [2.45, 2.75) is 5.41 Å². The highest BCUT2D eigenvalue weighted by Gasteiger charge is 2.51. The van der Waals surface area contributed by atoms with Crippen LogP contribution in [-0.2, 0) is 5.41 Å². The molecule has 3 heterocycles. The summed E-state index contributed by atoms with van der Waals surface area (Å²) in [5.41, 5.74) is 15.5. The van der Waals surface area contributed by atoms with Crippen molar-refractivity contribution in [3.8, 4) is 56.4 Å². The second-order valence-electron chi connectivity index (χ2n) is 15.1. The van der Waals surface area contributed by atoms with E-state index in [9.17, 15) is 0 Å². The van der Waals surface area contributed by atoms with Crippen LogP contribution in [0, 0.1) is 0 Å². The largest absolute Gasteiger partial charge is 0.456 e. The third kappa shape index (κ3) is 4.15. The van der Waals surface area contributed by atoms with Gasteiger partial charge in [0.05, 0.1) is 5.41 Å². The lowest BCUT2D eigenvalue weighted by molar-refractivity contribution is 0.668. The highest BCUT2D eigenvalue weighted by Crippen LogP contribution is 2.63. The van der Waals surface area contributed by atoms with Gasteiger partial charge in [0, 0.05) is 38.2 Å². The Kier molecular flexibility index (Phi) is 6.04. The lowest BCUT2D eigenvalue weighted by Crippen LogP contribution is -2.25. The number of aromatic nitrogens is 3. The summed E-state index contributed by atoms with van der Waals surface area (Å²) in [7, 11) is 0. The van der Waals surface area contributed by atoms with Crippen molar-refractivity contribution in [1.82, 2.24) is 15.0 Å². The maximum absolute atomic E-state index is 6.33. The molecule has 1 spiro atoms. The molecule has 0 saturated carbocycles. The topological polar surface area (TPSA) is 65.0 Å². The first-order valence-electron chi connectivity index (χ1n) is 19.3. The van der Waals surface area contributed by atoms with Gasteiger partial charge in [0.2, 0.25) is 0 Å². The van der Waals surface area contributed by atoms with E-state index in [2.05, 4.69) is 127 Å². The molecule has 2 aliphatic carbocycles. The zero-order valence-corrected chi connectivity index (χ0v) is 30.4. The Morgan fingerprint density at radius 1 is 0.298 bits per heavy atom. The molecule has 3 aromatic heterocycles. The summed E-state index contributed by atoms with van der Waals surface area (Å²) in [6.07, 6.45) is 0. The number of nitrogens with zero attached hydrogens (tertiary/aromatic N) is 3. The Hall–Kier alpha value is -7.63. The van der Waals surface area contributed by atoms with Crippen LogP contribution in [0.4, 0.5) is 0 Å². The SMILES string of the molecule is c1ccc2c(c1)-c1ccccc1C21c2ccccc2-c2ccc(-c3nc(-c4ccc5c(c4)oc4ccccc45)nc(-c4ccc5c(c4)oc4ccccc45)n3)cc21. The Morgan fingerprint density at radius 2 is 0.667 bits per heavy atom. The van der Waals surface area contributed by atoms with E-state index < -0.39 is 5.41 Å². The van der Waals surface area contributed by atoms with Crippen molar-refractivity contribution >= 4 is 43.9 Å². The van der Waals surface area contributed by atoms with Crippen LogP contribution in [0.25, 0.3) is 100 Å². The number of para-hydroxylation sites is 2. The summed E-state index contributed by atoms with van der Waals surface area (Å²) in [4.78, 5) is 15.6. The van der Waals surface area contributed by atoms with Gasteiger partial charge in [0.1, 0.15) is 22.3 Å². The van der Waals surface area contributed by atoms with Gasteiger partial charge < -0.3 is 8.83 Å². The molecule has 264 valence electrons. The Balaban J connectivity index is 1.05. The Labute approximate surface area is 326 Å². The van der Waals surface area contributed by atoms with Gasteiger partial charge >= 0.3 is 0 Å². The first-order chi connectivity index (χ1) is 28.2. The minimum Gasteiger partial charge on any atom is -0.456 e. The van der Waals surface area contributed by atoms with Gasteiger partial charge in [-0.05, 0) is 87.0 Å². The molecule has 0 radical (unpaired) electrons. The van der Waals surface area contributed by atoms with Gasteiger partial charge in [-0.1, -0.05) is 133 Å². The molecule has 5 heteroatoms. The van der Waals surface area contributed by atoms with Gasteiger partial charge in [-0.3, -0.25) is 0 Å². The van der Waals surface area contributed by atoms with Gasteiger partial charge in [0.15, 0.2) is 17.5 Å². The maximum atomic E-state index is 6.33. The second kappa shape index (κ2) is 11.2. The molecular formula is C52H29N3O2. The lowest BCUT2D eigenvalue weighted by Gasteiger charge is -2.30. The third-order valence-electron chi connectivity index (χ3n) is 12.2. The lowest BCUT2D eigenvalue weighted by atomic mass is 9.70. The highest BCUT2D eigenvalue weighted by atomic mass is 16.3. The molecule has 57 heavy (non-hydrogen) atoms. The highest BCUT2D eigenvalue weighted by molar-refractivity contribution is 6.07. The summed E-state index contributed by atoms with van der Waals surface area (Å²) in [6.45, 7) is 0. The molecule has 5 nitrogen and oxygen atoms in total. The summed E-state index contributed by atoms with van der Waals surface area (Å²) >= 11 is 0. The van der Waals surface area contributed by atoms with Gasteiger partial charge in [-0.25, -0.2) is 15.0 Å². The molecule has 0 amide bonds. The molecule has 11 aromatic rings. The van der Waals surface area contributed by atoms with Gasteiger partial charge in [-0.2, -0.15) is 0 Å². The molecule has 0 atom stereocenters. The fourth-order valence-corrected chi connectivity index (χ4v) is 9.73. The van der Waals surface area contributed by atoms with Gasteiger partial charge in [0.25, 0.3) is 0 Å². The fraction of sp³-hybridized carbons (Fsp3) is 0.0192. The molecular weight excluding hydrogens is 699 g/mol. The Morgan fingerprint density at radius 3 is 1.16 bits per heavy atom. The van der Waals surface area contributed by atoms with Crippen LogP contribution in [0.5, 0.6) is 0 Å². The summed E-state index contributed by atoms with van der Waals surface area (Å²) in [5, 5.41) is 4.27. The van der Waals surface area contributed by atoms with Crippen LogP contribution in [0.3, 0.4) is 0 Å². The molecule has 0 saturated heterocycles. The number of furan rings is 2. The van der Waals surface area contributed by atoms with E-state index in [1.165, 1.54) is 44.5 Å². The summed E-state index contributed by atoms with van der Waals surface area (Å²) < 4.78 is 12.7. The normalized spacial score (nSPS) is 13.4. The number of hydrogen-bond acceptors (Lipinski definition) is 5. The minimum absolute atomic E-state index is 0.480. The standard InChI is InChI=1S/C52H29N3O2/c1-6-16-41-33(11-1)34-12-2-7-17-42(34)52(41)43-18-8-3-13-35(43)36-24-21-30(27-44(36)52)49-53-50(31-22-25-39-37-14-4-9-19-45(37)56-47(39)28-31)55-51(54-49)32-23-26-40-38-15-5-10-20-46(38)57-48(40)29-32/h1-29H. The monoisotopic (exact) mass is 727 g/mol. The van der Waals surface area contributed by atoms with Crippen molar-refractivity contribution in [3.63, 3.8) is 0 Å². The summed E-state index contributed by atoms with van der Waals surface area (Å²) in [5.74, 6) is 1.73. The van der Waals surface area contributed by atoms with Crippen LogP contribution in [-0.4, -0.2) is 15.0 Å². The van der Waals surface area contributed by atoms with Crippen LogP contribution >= 0.6 is 0 Å². The van der Waals surface area contributed by atoms with E-state index in [-0.39, 0.29) is 0 Å². The molecule has 0 fully saturated rings. The number of hydrogen-bond donors (Lipinski definition) is 0. The predicted octanol–water partition coefficient (Wildman–Crippen LogP) is 13.0. The van der Waals surface area contributed by atoms with Crippen molar-refractivity contribution in [3.05, 3.63) is 198 Å². The molecule has 0 N–H and O–H groups in total. The molecule has 0 bridgehead atoms. The van der Waals surface area contributed by atoms with E-state index in [1.54, 1.807) is 0 Å². The Bertz CT molecular complexity index is 3310. The first-order valence-corrected chi connectivity index (χ1v) is 19.3. The number of fused-ring (bicyclic) bond motifs is 16. The summed E-state index contributed by atoms with van der Waals surface area (Å²) in [6, 6.07) is 62.1. The van der Waals surface area contributed by atoms with Gasteiger partial charge in [-0.15, -0.1) is 0 Å². The van der Waals surface area contributed by atoms with E-state index >= 15 is 0 Å². The molecule has 0 unspecified atom stereocenters. The fourth-order valence-electron chi connectivity index (χ4n) is 9.73. The molecule has 13 rings (SSSR count). The molecule has 2 aliphatic rings. The van der Waals surface area contributed by atoms with Crippen molar-refractivity contribution in [2.24, 2.45) is 0 Å². The van der Waals surface area contributed by atoms with E-state index in [0.717, 1.165) is 60.6 Å². The zero-order chi connectivity index (χ0) is 37.2. The molecule has 0 aliphatic heterocycles. The number of rotatable bonds is 3. The zero-order valence-electron chi connectivity index (χ0n) is 30.4. The predicted molar refractivity (Wildman–Crippen MR) is 227 cm³/mol. The average Bonchev–Trinajstić information content (AvgIpc) is 4.00. The second-order valence-corrected chi connectivity index (χ2v) is 15.1. The van der Waals surface area contributed by atoms with Crippen molar-refractivity contribution in [2.75, 3.05) is 0 Å². The third-order valence-corrected chi connectivity index (χ3v) is 12.2. The minimum atomic E-state index is -0.480. The van der Waals surface area contributed by atoms with Crippen LogP contribution in [0.2, 0.25) is 0 Å². The first kappa shape index (κ1) is 30.7. The number of benzene rings is 8.